The summed E-state index contributed by atoms with van der Waals surface area (Å²) >= 11 is 0. The second-order valence-electron chi connectivity index (χ2n) is 14.0. The van der Waals surface area contributed by atoms with Crippen LogP contribution in [0.5, 0.6) is 0 Å². The molecular formula is C30H48O3. The summed E-state index contributed by atoms with van der Waals surface area (Å²) in [4.78, 5) is 12.8. The molecule has 0 amide bonds. The highest BCUT2D eigenvalue weighted by Crippen LogP contribution is 2.73. The van der Waals surface area contributed by atoms with E-state index >= 15 is 0 Å². The van der Waals surface area contributed by atoms with Crippen LogP contribution in [-0.4, -0.2) is 27.7 Å². The molecule has 4 rings (SSSR count). The van der Waals surface area contributed by atoms with E-state index in [9.17, 15) is 15.0 Å². The molecule has 3 nitrogen and oxygen atoms in total. The zero-order chi connectivity index (χ0) is 24.6. The molecule has 186 valence electrons. The normalized spacial score (nSPS) is 45.9. The van der Waals surface area contributed by atoms with Crippen molar-refractivity contribution in [3.05, 3.63) is 23.8 Å². The Morgan fingerprint density at radius 3 is 2.48 bits per heavy atom. The first-order valence-corrected chi connectivity index (χ1v) is 13.4. The van der Waals surface area contributed by atoms with Crippen molar-refractivity contribution in [1.82, 2.24) is 0 Å². The SMILES string of the molecule is C[C@H](C/C=C/C(C)(C)O)[C@@H]1[C@@H](O)C[C@]2(C)C3=CC[C@H]4C(C)(C)C(=O)CC[C@]4(C)[C@H]3CC[C@@]12C. The third-order valence-electron chi connectivity index (χ3n) is 11.3. The molecule has 0 unspecified atom stereocenters. The molecule has 2 N–H and O–H groups in total. The van der Waals surface area contributed by atoms with Gasteiger partial charge in [0.15, 0.2) is 0 Å². The minimum Gasteiger partial charge on any atom is -0.393 e. The van der Waals surface area contributed by atoms with Crippen LogP contribution >= 0.6 is 0 Å². The lowest BCUT2D eigenvalue weighted by Crippen LogP contribution is -2.57. The van der Waals surface area contributed by atoms with Crippen molar-refractivity contribution in [3.8, 4) is 0 Å². The Kier molecular flexibility index (Phi) is 5.94. The predicted molar refractivity (Wildman–Crippen MR) is 135 cm³/mol. The van der Waals surface area contributed by atoms with Crippen molar-refractivity contribution in [2.45, 2.75) is 112 Å². The zero-order valence-electron chi connectivity index (χ0n) is 22.4. The highest BCUT2D eigenvalue weighted by atomic mass is 16.3. The second kappa shape index (κ2) is 7.79. The topological polar surface area (TPSA) is 57.5 Å². The smallest absolute Gasteiger partial charge is 0.138 e. The molecule has 0 saturated heterocycles. The van der Waals surface area contributed by atoms with E-state index in [-0.39, 0.29) is 33.7 Å². The van der Waals surface area contributed by atoms with E-state index in [0.29, 0.717) is 30.0 Å². The summed E-state index contributed by atoms with van der Waals surface area (Å²) in [6, 6.07) is 0. The maximum absolute atomic E-state index is 12.8. The van der Waals surface area contributed by atoms with Gasteiger partial charge in [0.05, 0.1) is 11.7 Å². The fourth-order valence-corrected chi connectivity index (χ4v) is 9.35. The maximum atomic E-state index is 12.8. The van der Waals surface area contributed by atoms with E-state index in [1.165, 1.54) is 6.42 Å². The second-order valence-corrected chi connectivity index (χ2v) is 14.0. The Morgan fingerprint density at radius 1 is 1.18 bits per heavy atom. The number of aliphatic hydroxyl groups excluding tert-OH is 1. The van der Waals surface area contributed by atoms with Crippen molar-refractivity contribution in [2.75, 3.05) is 0 Å². The highest BCUT2D eigenvalue weighted by Gasteiger charge is 2.67. The van der Waals surface area contributed by atoms with E-state index < -0.39 is 5.60 Å². The van der Waals surface area contributed by atoms with Crippen LogP contribution in [0.4, 0.5) is 0 Å². The summed E-state index contributed by atoms with van der Waals surface area (Å²) in [5.74, 6) is 2.00. The zero-order valence-corrected chi connectivity index (χ0v) is 22.4. The van der Waals surface area contributed by atoms with E-state index in [1.807, 2.05) is 19.9 Å². The summed E-state index contributed by atoms with van der Waals surface area (Å²) in [6.07, 6.45) is 13.0. The molecule has 0 spiro atoms. The summed E-state index contributed by atoms with van der Waals surface area (Å²) in [5.41, 5.74) is 0.818. The Hall–Kier alpha value is -0.930. The Labute approximate surface area is 202 Å². The van der Waals surface area contributed by atoms with Crippen molar-refractivity contribution in [2.24, 2.45) is 45.3 Å². The summed E-state index contributed by atoms with van der Waals surface area (Å²) < 4.78 is 0. The molecule has 3 fully saturated rings. The van der Waals surface area contributed by atoms with Crippen LogP contribution in [0.1, 0.15) is 100 Å². The van der Waals surface area contributed by atoms with Crippen LogP contribution in [0.3, 0.4) is 0 Å². The van der Waals surface area contributed by atoms with Gasteiger partial charge in [-0.1, -0.05) is 65.3 Å². The van der Waals surface area contributed by atoms with Gasteiger partial charge >= 0.3 is 0 Å². The van der Waals surface area contributed by atoms with Crippen LogP contribution < -0.4 is 0 Å². The predicted octanol–water partition coefficient (Wildman–Crippen LogP) is 6.48. The molecule has 3 heteroatoms. The summed E-state index contributed by atoms with van der Waals surface area (Å²) in [5, 5.41) is 21.5. The molecule has 8 atom stereocenters. The number of allylic oxidation sites excluding steroid dienone is 3. The number of aliphatic hydroxyl groups is 2. The summed E-state index contributed by atoms with van der Waals surface area (Å²) in [7, 11) is 0. The van der Waals surface area contributed by atoms with E-state index in [2.05, 4.69) is 53.7 Å². The fourth-order valence-electron chi connectivity index (χ4n) is 9.35. The van der Waals surface area contributed by atoms with Gasteiger partial charge in [-0.15, -0.1) is 0 Å². The van der Waals surface area contributed by atoms with Gasteiger partial charge in [0.2, 0.25) is 0 Å². The van der Waals surface area contributed by atoms with Crippen LogP contribution in [0.2, 0.25) is 0 Å². The minimum atomic E-state index is -0.793. The fraction of sp³-hybridized carbons (Fsp3) is 0.833. The number of hydrogen-bond acceptors (Lipinski definition) is 3. The molecule has 0 aromatic rings. The van der Waals surface area contributed by atoms with Gasteiger partial charge in [-0.3, -0.25) is 4.79 Å². The Balaban J connectivity index is 1.66. The van der Waals surface area contributed by atoms with Crippen LogP contribution in [0.25, 0.3) is 0 Å². The first-order chi connectivity index (χ1) is 15.1. The van der Waals surface area contributed by atoms with Crippen LogP contribution in [-0.2, 0) is 4.79 Å². The quantitative estimate of drug-likeness (QED) is 0.476. The number of carbonyl (C=O) groups excluding carboxylic acids is 1. The average molecular weight is 457 g/mol. The van der Waals surface area contributed by atoms with Gasteiger partial charge in [0.25, 0.3) is 0 Å². The van der Waals surface area contributed by atoms with Gasteiger partial charge < -0.3 is 10.2 Å². The number of fused-ring (bicyclic) bond motifs is 5. The van der Waals surface area contributed by atoms with Gasteiger partial charge in [0.1, 0.15) is 5.78 Å². The highest BCUT2D eigenvalue weighted by molar-refractivity contribution is 5.85. The summed E-state index contributed by atoms with van der Waals surface area (Å²) in [6.45, 7) is 17.6. The number of rotatable bonds is 4. The molecule has 0 heterocycles. The van der Waals surface area contributed by atoms with Crippen molar-refractivity contribution >= 4 is 5.78 Å². The van der Waals surface area contributed by atoms with Crippen molar-refractivity contribution in [3.63, 3.8) is 0 Å². The number of Topliss-reactive ketones (excluding diaryl/α,β-unsaturated/α-hetero) is 1. The largest absolute Gasteiger partial charge is 0.393 e. The van der Waals surface area contributed by atoms with E-state index in [4.69, 9.17) is 0 Å². The molecule has 4 aliphatic rings. The molecular weight excluding hydrogens is 408 g/mol. The lowest BCUT2D eigenvalue weighted by atomic mass is 9.41. The third-order valence-corrected chi connectivity index (χ3v) is 11.3. The molecule has 3 saturated carbocycles. The molecule has 0 aromatic heterocycles. The number of carbonyl (C=O) groups is 1. The molecule has 0 aliphatic heterocycles. The van der Waals surface area contributed by atoms with Gasteiger partial charge in [0, 0.05) is 11.8 Å². The molecule has 4 aliphatic carbocycles. The molecule has 0 bridgehead atoms. The number of hydrogen-bond donors (Lipinski definition) is 2. The number of ketones is 1. The first-order valence-electron chi connectivity index (χ1n) is 13.4. The van der Waals surface area contributed by atoms with Gasteiger partial charge in [-0.25, -0.2) is 0 Å². The van der Waals surface area contributed by atoms with Crippen molar-refractivity contribution < 1.29 is 15.0 Å². The van der Waals surface area contributed by atoms with Crippen LogP contribution in [0, 0.1) is 45.3 Å². The lowest BCUT2D eigenvalue weighted by molar-refractivity contribution is -0.146. The average Bonchev–Trinajstić information content (AvgIpc) is 2.89. The Morgan fingerprint density at radius 2 is 1.85 bits per heavy atom. The molecule has 33 heavy (non-hydrogen) atoms. The standard InChI is InChI=1S/C30H48O3/c1-19(10-9-15-26(2,3)33)25-22(31)18-30(8)21-11-12-23-27(4,5)24(32)14-16-28(23,6)20(21)13-17-29(25,30)7/h9,11,15,19-20,22-23,25,31,33H,10,12-14,16-18H2,1-8H3/b15-9+/t19-,20+,22+,23+,25-,28-,29+,30-/m1/s1. The Bertz CT molecular complexity index is 860. The molecule has 0 radical (unpaired) electrons. The van der Waals surface area contributed by atoms with Gasteiger partial charge in [-0.05, 0) is 92.3 Å². The molecule has 0 aromatic carbocycles. The van der Waals surface area contributed by atoms with E-state index in [1.54, 1.807) is 5.57 Å². The third kappa shape index (κ3) is 3.63. The van der Waals surface area contributed by atoms with Gasteiger partial charge in [-0.2, -0.15) is 0 Å². The van der Waals surface area contributed by atoms with Crippen LogP contribution in [0.15, 0.2) is 23.8 Å². The van der Waals surface area contributed by atoms with Crippen molar-refractivity contribution in [1.29, 1.82) is 0 Å². The lowest BCUT2D eigenvalue weighted by Gasteiger charge is -2.63. The monoisotopic (exact) mass is 456 g/mol. The minimum absolute atomic E-state index is 0.00774. The maximum Gasteiger partial charge on any atom is 0.138 e. The van der Waals surface area contributed by atoms with E-state index in [0.717, 1.165) is 32.1 Å². The first kappa shape index (κ1) is 25.2.